The lowest BCUT2D eigenvalue weighted by Crippen LogP contribution is -2.32. The smallest absolute Gasteiger partial charge is 0.348 e. The lowest BCUT2D eigenvalue weighted by molar-refractivity contribution is -0.151. The number of carbonyl (C=O) groups is 1. The zero-order valence-corrected chi connectivity index (χ0v) is 16.3. The van der Waals surface area contributed by atoms with Crippen LogP contribution < -0.4 is 19.8 Å². The van der Waals surface area contributed by atoms with E-state index in [0.717, 1.165) is 0 Å². The van der Waals surface area contributed by atoms with Crippen LogP contribution in [0.4, 0.5) is 0 Å². The summed E-state index contributed by atoms with van der Waals surface area (Å²) >= 11 is 0. The molecule has 150 valence electrons. The van der Waals surface area contributed by atoms with Crippen molar-refractivity contribution < 1.29 is 28.2 Å². The topological polar surface area (TPSA) is 84.2 Å². The molecule has 2 atom stereocenters. The number of esters is 1. The van der Waals surface area contributed by atoms with Crippen molar-refractivity contribution >= 4 is 16.9 Å². The second-order valence-electron chi connectivity index (χ2n) is 6.51. The zero-order chi connectivity index (χ0) is 20.5. The van der Waals surface area contributed by atoms with Crippen LogP contribution in [0.15, 0.2) is 51.7 Å². The molecule has 2 heterocycles. The van der Waals surface area contributed by atoms with Crippen molar-refractivity contribution in [3.05, 3.63) is 64.0 Å². The molecule has 1 aliphatic heterocycles. The third-order valence-electron chi connectivity index (χ3n) is 4.94. The Bertz CT molecular complexity index is 1130. The zero-order valence-electron chi connectivity index (χ0n) is 16.3. The number of fused-ring (bicyclic) bond motifs is 3. The fourth-order valence-corrected chi connectivity index (χ4v) is 3.67. The maximum Gasteiger partial charge on any atom is 0.348 e. The summed E-state index contributed by atoms with van der Waals surface area (Å²) in [5, 5.41) is 0.624. The van der Waals surface area contributed by atoms with Gasteiger partial charge in [-0.05, 0) is 36.8 Å². The van der Waals surface area contributed by atoms with Crippen LogP contribution >= 0.6 is 0 Å². The molecule has 0 amide bonds. The Labute approximate surface area is 166 Å². The van der Waals surface area contributed by atoms with Crippen LogP contribution in [-0.4, -0.2) is 32.9 Å². The van der Waals surface area contributed by atoms with Gasteiger partial charge >= 0.3 is 11.6 Å². The van der Waals surface area contributed by atoms with Crippen molar-refractivity contribution in [2.24, 2.45) is 0 Å². The summed E-state index contributed by atoms with van der Waals surface area (Å²) in [6, 6.07) is 12.3. The number of methoxy groups -OCH3 is 2. The van der Waals surface area contributed by atoms with Gasteiger partial charge < -0.3 is 23.4 Å². The van der Waals surface area contributed by atoms with E-state index in [2.05, 4.69) is 0 Å². The number of benzene rings is 2. The van der Waals surface area contributed by atoms with Gasteiger partial charge in [0.25, 0.3) is 0 Å². The molecule has 0 N–H and O–H groups in total. The summed E-state index contributed by atoms with van der Waals surface area (Å²) in [7, 11) is 3.05. The summed E-state index contributed by atoms with van der Waals surface area (Å²) in [4.78, 5) is 25.5. The first-order chi connectivity index (χ1) is 14.1. The fourth-order valence-electron chi connectivity index (χ4n) is 3.67. The van der Waals surface area contributed by atoms with Gasteiger partial charge in [-0.25, -0.2) is 9.59 Å². The van der Waals surface area contributed by atoms with Gasteiger partial charge in [-0.15, -0.1) is 0 Å². The second kappa shape index (κ2) is 7.50. The lowest BCUT2D eigenvalue weighted by Gasteiger charge is -2.18. The minimum atomic E-state index is -1.02. The van der Waals surface area contributed by atoms with Gasteiger partial charge in [0, 0.05) is 0 Å². The molecule has 4 rings (SSSR count). The molecule has 1 aromatic heterocycles. The Kier molecular flexibility index (Phi) is 4.88. The molecule has 0 spiro atoms. The van der Waals surface area contributed by atoms with E-state index in [4.69, 9.17) is 23.4 Å². The molecule has 0 radical (unpaired) electrons. The first-order valence-corrected chi connectivity index (χ1v) is 9.20. The average Bonchev–Trinajstić information content (AvgIpc) is 3.15. The Morgan fingerprint density at radius 1 is 1.07 bits per heavy atom. The highest BCUT2D eigenvalue weighted by Gasteiger charge is 2.45. The van der Waals surface area contributed by atoms with Gasteiger partial charge in [-0.1, -0.05) is 18.2 Å². The molecule has 1 aliphatic rings. The Balaban J connectivity index is 1.94. The van der Waals surface area contributed by atoms with Gasteiger partial charge in [0.1, 0.15) is 11.3 Å². The Morgan fingerprint density at radius 3 is 2.55 bits per heavy atom. The maximum atomic E-state index is 12.9. The van der Waals surface area contributed by atoms with Crippen LogP contribution in [-0.2, 0) is 9.53 Å². The quantitative estimate of drug-likeness (QED) is 0.483. The van der Waals surface area contributed by atoms with Crippen molar-refractivity contribution in [2.45, 2.75) is 18.9 Å². The van der Waals surface area contributed by atoms with E-state index in [9.17, 15) is 9.59 Å². The SMILES string of the molecule is CCOC(=O)[C@H]1Oc2c(c(=O)oc3ccccc23)[C@@H]1c1ccc(OC)c(OC)c1. The molecule has 0 aliphatic carbocycles. The minimum Gasteiger partial charge on any atom is -0.493 e. The summed E-state index contributed by atoms with van der Waals surface area (Å²) in [5.41, 5.74) is 0.785. The van der Waals surface area contributed by atoms with Crippen molar-refractivity contribution in [3.63, 3.8) is 0 Å². The van der Waals surface area contributed by atoms with E-state index in [1.807, 2.05) is 6.07 Å². The number of hydrogen-bond acceptors (Lipinski definition) is 7. The van der Waals surface area contributed by atoms with E-state index in [1.165, 1.54) is 14.2 Å². The van der Waals surface area contributed by atoms with Gasteiger partial charge in [-0.3, -0.25) is 0 Å². The molecule has 0 saturated heterocycles. The predicted molar refractivity (Wildman–Crippen MR) is 105 cm³/mol. The minimum absolute atomic E-state index is 0.197. The molecular weight excluding hydrogens is 376 g/mol. The highest BCUT2D eigenvalue weighted by Crippen LogP contribution is 2.45. The van der Waals surface area contributed by atoms with Crippen molar-refractivity contribution in [2.75, 3.05) is 20.8 Å². The number of hydrogen-bond donors (Lipinski definition) is 0. The van der Waals surface area contributed by atoms with Crippen LogP contribution in [0.25, 0.3) is 11.0 Å². The normalized spacial score (nSPS) is 17.5. The molecule has 0 saturated carbocycles. The van der Waals surface area contributed by atoms with Crippen LogP contribution in [0.5, 0.6) is 17.2 Å². The Hall–Kier alpha value is -3.48. The monoisotopic (exact) mass is 396 g/mol. The van der Waals surface area contributed by atoms with Crippen LogP contribution in [0.3, 0.4) is 0 Å². The summed E-state index contributed by atoms with van der Waals surface area (Å²) in [6.45, 7) is 1.91. The van der Waals surface area contributed by atoms with Crippen LogP contribution in [0.1, 0.15) is 24.0 Å². The fraction of sp³-hybridized carbons (Fsp3) is 0.273. The van der Waals surface area contributed by atoms with Gasteiger partial charge in [0.2, 0.25) is 6.10 Å². The lowest BCUT2D eigenvalue weighted by atomic mass is 9.88. The van der Waals surface area contributed by atoms with Crippen molar-refractivity contribution in [1.29, 1.82) is 0 Å². The van der Waals surface area contributed by atoms with Gasteiger partial charge in [-0.2, -0.15) is 0 Å². The molecule has 0 bridgehead atoms. The van der Waals surface area contributed by atoms with Gasteiger partial charge in [0.15, 0.2) is 11.5 Å². The maximum absolute atomic E-state index is 12.9. The first-order valence-electron chi connectivity index (χ1n) is 9.20. The van der Waals surface area contributed by atoms with E-state index < -0.39 is 23.6 Å². The van der Waals surface area contributed by atoms with Crippen LogP contribution in [0, 0.1) is 0 Å². The number of rotatable bonds is 5. The molecule has 2 aromatic carbocycles. The van der Waals surface area contributed by atoms with E-state index >= 15 is 0 Å². The second-order valence-corrected chi connectivity index (χ2v) is 6.51. The van der Waals surface area contributed by atoms with Crippen molar-refractivity contribution in [3.8, 4) is 17.2 Å². The summed E-state index contributed by atoms with van der Waals surface area (Å²) < 4.78 is 27.4. The predicted octanol–water partition coefficient (Wildman–Crippen LogP) is 3.27. The summed E-state index contributed by atoms with van der Waals surface area (Å²) in [5.74, 6) is 0.103. The average molecular weight is 396 g/mol. The number of carbonyl (C=O) groups excluding carboxylic acids is 1. The third-order valence-corrected chi connectivity index (χ3v) is 4.94. The van der Waals surface area contributed by atoms with E-state index in [1.54, 1.807) is 43.3 Å². The molecule has 3 aromatic rings. The third kappa shape index (κ3) is 3.08. The molecule has 7 heteroatoms. The molecule has 29 heavy (non-hydrogen) atoms. The summed E-state index contributed by atoms with van der Waals surface area (Å²) in [6.07, 6.45) is -1.02. The van der Waals surface area contributed by atoms with Gasteiger partial charge in [0.05, 0.1) is 37.7 Å². The van der Waals surface area contributed by atoms with E-state index in [0.29, 0.717) is 33.8 Å². The number of para-hydroxylation sites is 1. The standard InChI is InChI=1S/C22H20O7/c1-4-27-22(24)20-17(12-9-10-15(25-2)16(11-12)26-3)18-19(29-20)13-7-5-6-8-14(13)28-21(18)23/h5-11,17,20H,4H2,1-3H3/t17-,20-/m0/s1. The molecule has 7 nitrogen and oxygen atoms in total. The highest BCUT2D eigenvalue weighted by atomic mass is 16.6. The highest BCUT2D eigenvalue weighted by molar-refractivity contribution is 5.88. The van der Waals surface area contributed by atoms with E-state index in [-0.39, 0.29) is 12.2 Å². The Morgan fingerprint density at radius 2 is 1.83 bits per heavy atom. The molecular formula is C22H20O7. The van der Waals surface area contributed by atoms with Crippen LogP contribution in [0.2, 0.25) is 0 Å². The molecule has 0 fully saturated rings. The largest absolute Gasteiger partial charge is 0.493 e. The number of ether oxygens (including phenoxy) is 4. The first kappa shape index (κ1) is 18.9. The van der Waals surface area contributed by atoms with Crippen molar-refractivity contribution in [1.82, 2.24) is 0 Å². The molecule has 0 unspecified atom stereocenters.